The number of piperidine rings is 1. The Kier molecular flexibility index (Phi) is 6.40. The van der Waals surface area contributed by atoms with Crippen molar-refractivity contribution in [3.8, 4) is 11.1 Å². The van der Waals surface area contributed by atoms with Crippen LogP contribution in [0.1, 0.15) is 60.3 Å². The Morgan fingerprint density at radius 2 is 1.94 bits per heavy atom. The summed E-state index contributed by atoms with van der Waals surface area (Å²) < 4.78 is 1.50. The number of nitrogens with zero attached hydrogens (tertiary/aromatic N) is 5. The van der Waals surface area contributed by atoms with Gasteiger partial charge >= 0.3 is 0 Å². The first kappa shape index (κ1) is 23.9. The highest BCUT2D eigenvalue weighted by Crippen LogP contribution is 2.34. The van der Waals surface area contributed by atoms with Gasteiger partial charge in [-0.25, -0.2) is 4.98 Å². The Hall–Kier alpha value is -3.85. The lowest BCUT2D eigenvalue weighted by atomic mass is 9.87. The van der Waals surface area contributed by atoms with Crippen LogP contribution in [0, 0.1) is 5.92 Å². The zero-order valence-corrected chi connectivity index (χ0v) is 20.4. The summed E-state index contributed by atoms with van der Waals surface area (Å²) in [5.74, 6) is 0.534. The minimum Gasteiger partial charge on any atom is -0.384 e. The number of anilines is 1. The zero-order chi connectivity index (χ0) is 25.4. The number of hydrogen-bond donors (Lipinski definition) is 2. The van der Waals surface area contributed by atoms with E-state index in [4.69, 9.17) is 15.7 Å². The first-order chi connectivity index (χ1) is 17.4. The highest BCUT2D eigenvalue weighted by molar-refractivity contribution is 5.87. The van der Waals surface area contributed by atoms with E-state index in [9.17, 15) is 14.7 Å². The van der Waals surface area contributed by atoms with Crippen molar-refractivity contribution >= 4 is 23.7 Å². The summed E-state index contributed by atoms with van der Waals surface area (Å²) in [4.78, 5) is 35.4. The van der Waals surface area contributed by atoms with Crippen LogP contribution in [-0.4, -0.2) is 61.0 Å². The standard InChI is InChI=1S/C27H30N6O3/c1-16-5-3-4-6-20(16)23-8-7-19(13-29-23)21-14-30-33-25(28)22(15-34)24(31-26(21)33)18-9-11-32(12-10-18)27(36)17(2)35/h3-8,13-18,20,35H,9-12,28H2,1-2H3. The average molecular weight is 487 g/mol. The summed E-state index contributed by atoms with van der Waals surface area (Å²) in [6, 6.07) is 4.05. The number of carbonyl (C=O) groups is 2. The summed E-state index contributed by atoms with van der Waals surface area (Å²) in [5.41, 5.74) is 10.6. The highest BCUT2D eigenvalue weighted by atomic mass is 16.3. The van der Waals surface area contributed by atoms with Crippen LogP contribution in [0.5, 0.6) is 0 Å². The molecule has 3 atom stereocenters. The van der Waals surface area contributed by atoms with E-state index in [1.807, 2.05) is 18.3 Å². The third kappa shape index (κ3) is 4.19. The molecule has 4 heterocycles. The van der Waals surface area contributed by atoms with Gasteiger partial charge in [-0.05, 0) is 31.7 Å². The van der Waals surface area contributed by atoms with Gasteiger partial charge in [0, 0.05) is 47.9 Å². The van der Waals surface area contributed by atoms with Gasteiger partial charge in [0.15, 0.2) is 11.9 Å². The van der Waals surface area contributed by atoms with Crippen LogP contribution in [0.15, 0.2) is 48.8 Å². The molecular formula is C27H30N6O3. The molecule has 5 rings (SSSR count). The average Bonchev–Trinajstić information content (AvgIpc) is 3.33. The van der Waals surface area contributed by atoms with E-state index in [2.05, 4.69) is 36.3 Å². The molecule has 9 heteroatoms. The SMILES string of the molecule is CC(O)C(=O)N1CCC(c2nc3c(-c4ccc(C5C=CC=CC5C)nc4)cnn3c(N)c2C=O)CC1. The first-order valence-corrected chi connectivity index (χ1v) is 12.3. The monoisotopic (exact) mass is 486 g/mol. The second kappa shape index (κ2) is 9.66. The predicted molar refractivity (Wildman–Crippen MR) is 136 cm³/mol. The molecule has 2 aliphatic rings. The third-order valence-corrected chi connectivity index (χ3v) is 7.27. The molecule has 3 N–H and O–H groups in total. The number of pyridine rings is 1. The number of aliphatic hydroxyl groups is 1. The van der Waals surface area contributed by atoms with Crippen LogP contribution in [-0.2, 0) is 4.79 Å². The van der Waals surface area contributed by atoms with Gasteiger partial charge < -0.3 is 15.7 Å². The second-order valence-corrected chi connectivity index (χ2v) is 9.61. The number of aldehydes is 1. The second-order valence-electron chi connectivity index (χ2n) is 9.61. The molecule has 0 spiro atoms. The number of fused-ring (bicyclic) bond motifs is 1. The van der Waals surface area contributed by atoms with E-state index in [0.29, 0.717) is 48.8 Å². The van der Waals surface area contributed by atoms with E-state index in [0.717, 1.165) is 23.1 Å². The zero-order valence-electron chi connectivity index (χ0n) is 20.4. The molecule has 186 valence electrons. The Morgan fingerprint density at radius 1 is 1.19 bits per heavy atom. The van der Waals surface area contributed by atoms with Crippen molar-refractivity contribution in [2.75, 3.05) is 18.8 Å². The molecule has 1 fully saturated rings. The summed E-state index contributed by atoms with van der Waals surface area (Å²) >= 11 is 0. The van der Waals surface area contributed by atoms with Crippen LogP contribution >= 0.6 is 0 Å². The molecule has 1 amide bonds. The number of nitrogen functional groups attached to an aromatic ring is 1. The largest absolute Gasteiger partial charge is 0.384 e. The molecule has 0 aromatic carbocycles. The molecule has 0 radical (unpaired) electrons. The number of hydrogen-bond acceptors (Lipinski definition) is 7. The van der Waals surface area contributed by atoms with E-state index >= 15 is 0 Å². The Morgan fingerprint density at radius 3 is 2.58 bits per heavy atom. The number of aromatic nitrogens is 4. The predicted octanol–water partition coefficient (Wildman–Crippen LogP) is 3.12. The molecule has 0 bridgehead atoms. The first-order valence-electron chi connectivity index (χ1n) is 12.3. The van der Waals surface area contributed by atoms with Gasteiger partial charge in [0.05, 0.1) is 17.5 Å². The molecule has 0 saturated carbocycles. The van der Waals surface area contributed by atoms with Gasteiger partial charge in [-0.15, -0.1) is 0 Å². The van der Waals surface area contributed by atoms with Gasteiger partial charge in [0.25, 0.3) is 5.91 Å². The highest BCUT2D eigenvalue weighted by Gasteiger charge is 2.30. The maximum absolute atomic E-state index is 12.2. The number of allylic oxidation sites excluding steroid dienone is 4. The van der Waals surface area contributed by atoms with Crippen molar-refractivity contribution in [3.63, 3.8) is 0 Å². The number of likely N-dealkylation sites (tertiary alicyclic amines) is 1. The quantitative estimate of drug-likeness (QED) is 0.531. The van der Waals surface area contributed by atoms with Gasteiger partial charge in [-0.3, -0.25) is 14.6 Å². The smallest absolute Gasteiger partial charge is 0.251 e. The minimum absolute atomic E-state index is 0.0357. The number of rotatable bonds is 5. The third-order valence-electron chi connectivity index (χ3n) is 7.27. The van der Waals surface area contributed by atoms with Crippen molar-refractivity contribution in [1.82, 2.24) is 24.5 Å². The number of amides is 1. The number of carbonyl (C=O) groups excluding carboxylic acids is 2. The Bertz CT molecular complexity index is 1350. The molecule has 3 aromatic rings. The van der Waals surface area contributed by atoms with Crippen LogP contribution < -0.4 is 5.73 Å². The van der Waals surface area contributed by atoms with Crippen LogP contribution in [0.25, 0.3) is 16.8 Å². The Labute approximate surface area is 209 Å². The van der Waals surface area contributed by atoms with Gasteiger partial charge in [-0.2, -0.15) is 9.61 Å². The molecule has 3 unspecified atom stereocenters. The van der Waals surface area contributed by atoms with E-state index in [1.54, 1.807) is 11.1 Å². The lowest BCUT2D eigenvalue weighted by Gasteiger charge is -2.33. The van der Waals surface area contributed by atoms with Crippen molar-refractivity contribution in [2.45, 2.75) is 44.6 Å². The topological polar surface area (TPSA) is 127 Å². The normalized spacial score (nSPS) is 21.1. The van der Waals surface area contributed by atoms with E-state index in [1.165, 1.54) is 11.4 Å². The van der Waals surface area contributed by atoms with Crippen molar-refractivity contribution in [2.24, 2.45) is 5.92 Å². The molecule has 1 aliphatic carbocycles. The lowest BCUT2D eigenvalue weighted by Crippen LogP contribution is -2.42. The minimum atomic E-state index is -1.03. The van der Waals surface area contributed by atoms with Gasteiger partial charge in [0.2, 0.25) is 0 Å². The van der Waals surface area contributed by atoms with Crippen molar-refractivity contribution < 1.29 is 14.7 Å². The van der Waals surface area contributed by atoms with Crippen LogP contribution in [0.2, 0.25) is 0 Å². The molecule has 1 saturated heterocycles. The number of nitrogens with two attached hydrogens (primary N) is 1. The lowest BCUT2D eigenvalue weighted by molar-refractivity contribution is -0.140. The van der Waals surface area contributed by atoms with Gasteiger partial charge in [-0.1, -0.05) is 37.3 Å². The summed E-state index contributed by atoms with van der Waals surface area (Å²) in [6.45, 7) is 4.62. The van der Waals surface area contributed by atoms with E-state index < -0.39 is 6.10 Å². The fraction of sp³-hybridized carbons (Fsp3) is 0.370. The molecule has 1 aliphatic heterocycles. The maximum atomic E-state index is 12.2. The molecule has 9 nitrogen and oxygen atoms in total. The van der Waals surface area contributed by atoms with Crippen LogP contribution in [0.3, 0.4) is 0 Å². The maximum Gasteiger partial charge on any atom is 0.251 e. The summed E-state index contributed by atoms with van der Waals surface area (Å²) in [6.07, 6.45) is 12.9. The van der Waals surface area contributed by atoms with Crippen molar-refractivity contribution in [1.29, 1.82) is 0 Å². The molecular weight excluding hydrogens is 456 g/mol. The fourth-order valence-electron chi connectivity index (χ4n) is 5.17. The molecule has 3 aromatic heterocycles. The van der Waals surface area contributed by atoms with Gasteiger partial charge in [0.1, 0.15) is 11.9 Å². The Balaban J connectivity index is 1.47. The summed E-state index contributed by atoms with van der Waals surface area (Å²) in [7, 11) is 0. The summed E-state index contributed by atoms with van der Waals surface area (Å²) in [5, 5.41) is 14.0. The molecule has 36 heavy (non-hydrogen) atoms. The van der Waals surface area contributed by atoms with Crippen LogP contribution in [0.4, 0.5) is 5.82 Å². The van der Waals surface area contributed by atoms with Crippen molar-refractivity contribution in [3.05, 3.63) is 65.8 Å². The fourth-order valence-corrected chi connectivity index (χ4v) is 5.17. The van der Waals surface area contributed by atoms with E-state index in [-0.39, 0.29) is 23.6 Å². The number of aliphatic hydroxyl groups excluding tert-OH is 1.